The van der Waals surface area contributed by atoms with Gasteiger partial charge < -0.3 is 9.80 Å². The molecule has 1 amide bonds. The molecule has 0 saturated carbocycles. The molecule has 1 aliphatic heterocycles. The summed E-state index contributed by atoms with van der Waals surface area (Å²) in [5.74, 6) is -0.00490. The molecule has 0 aliphatic carbocycles. The van der Waals surface area contributed by atoms with E-state index in [1.54, 1.807) is 12.3 Å². The largest absolute Gasteiger partial charge is 0.338 e. The van der Waals surface area contributed by atoms with Crippen LogP contribution in [-0.4, -0.2) is 53.9 Å². The molecule has 2 heterocycles. The molecule has 19 heavy (non-hydrogen) atoms. The quantitative estimate of drug-likeness (QED) is 0.834. The fourth-order valence-corrected chi connectivity index (χ4v) is 2.73. The predicted molar refractivity (Wildman–Crippen MR) is 76.6 cm³/mol. The second-order valence-electron chi connectivity index (χ2n) is 5.29. The van der Waals surface area contributed by atoms with Crippen LogP contribution in [0.3, 0.4) is 0 Å². The summed E-state index contributed by atoms with van der Waals surface area (Å²) in [6.07, 6.45) is 3.60. The van der Waals surface area contributed by atoms with Crippen LogP contribution >= 0.6 is 11.6 Å². The van der Waals surface area contributed by atoms with Gasteiger partial charge in [-0.2, -0.15) is 0 Å². The van der Waals surface area contributed by atoms with Crippen molar-refractivity contribution >= 4 is 17.5 Å². The van der Waals surface area contributed by atoms with E-state index in [-0.39, 0.29) is 5.91 Å². The summed E-state index contributed by atoms with van der Waals surface area (Å²) in [7, 11) is 4.17. The van der Waals surface area contributed by atoms with Crippen LogP contribution in [0.25, 0.3) is 0 Å². The van der Waals surface area contributed by atoms with E-state index in [1.165, 1.54) is 0 Å². The summed E-state index contributed by atoms with van der Waals surface area (Å²) in [5.41, 5.74) is 1.34. The molecule has 1 aromatic rings. The number of amides is 1. The Morgan fingerprint density at radius 3 is 2.58 bits per heavy atom. The average molecular weight is 282 g/mol. The Morgan fingerprint density at radius 2 is 2.05 bits per heavy atom. The second-order valence-corrected chi connectivity index (χ2v) is 5.70. The summed E-state index contributed by atoms with van der Waals surface area (Å²) in [4.78, 5) is 20.7. The van der Waals surface area contributed by atoms with Crippen LogP contribution in [0.4, 0.5) is 0 Å². The van der Waals surface area contributed by atoms with Crippen LogP contribution in [0.1, 0.15) is 28.9 Å². The molecule has 0 aromatic carbocycles. The summed E-state index contributed by atoms with van der Waals surface area (Å²) in [6, 6.07) is 2.30. The van der Waals surface area contributed by atoms with E-state index >= 15 is 0 Å². The van der Waals surface area contributed by atoms with Gasteiger partial charge in [-0.1, -0.05) is 11.6 Å². The molecule has 104 valence electrons. The standard InChI is InChI=1S/C14H20ClN3O/c1-10-8-13(15)12(9-16-10)14(19)18-6-4-11(5-7-18)17(2)3/h8-9,11H,4-7H2,1-3H3. The second kappa shape index (κ2) is 5.88. The van der Waals surface area contributed by atoms with Gasteiger partial charge in [-0.3, -0.25) is 9.78 Å². The van der Waals surface area contributed by atoms with E-state index in [2.05, 4.69) is 24.0 Å². The zero-order chi connectivity index (χ0) is 14.0. The number of hydrogen-bond acceptors (Lipinski definition) is 3. The van der Waals surface area contributed by atoms with Crippen LogP contribution in [0.2, 0.25) is 5.02 Å². The van der Waals surface area contributed by atoms with Crippen LogP contribution in [0.15, 0.2) is 12.3 Å². The fraction of sp³-hybridized carbons (Fsp3) is 0.571. The van der Waals surface area contributed by atoms with Crippen LogP contribution < -0.4 is 0 Å². The Bertz CT molecular complexity index is 468. The van der Waals surface area contributed by atoms with E-state index in [1.807, 2.05) is 11.8 Å². The van der Waals surface area contributed by atoms with Crippen molar-refractivity contribution in [3.63, 3.8) is 0 Å². The highest BCUT2D eigenvalue weighted by molar-refractivity contribution is 6.33. The zero-order valence-electron chi connectivity index (χ0n) is 11.7. The molecule has 0 N–H and O–H groups in total. The first-order chi connectivity index (χ1) is 8.99. The SMILES string of the molecule is Cc1cc(Cl)c(C(=O)N2CCC(N(C)C)CC2)cn1. The lowest BCUT2D eigenvalue weighted by molar-refractivity contribution is 0.0663. The van der Waals surface area contributed by atoms with Crippen LogP contribution in [0, 0.1) is 6.92 Å². The van der Waals surface area contributed by atoms with Gasteiger partial charge >= 0.3 is 0 Å². The molecule has 0 bridgehead atoms. The number of rotatable bonds is 2. The van der Waals surface area contributed by atoms with Crippen molar-refractivity contribution in [1.29, 1.82) is 0 Å². The van der Waals surface area contributed by atoms with Gasteiger partial charge in [0.25, 0.3) is 5.91 Å². The number of halogens is 1. The third-order valence-electron chi connectivity index (χ3n) is 3.70. The maximum atomic E-state index is 12.4. The van der Waals surface area contributed by atoms with Crippen molar-refractivity contribution in [3.8, 4) is 0 Å². The highest BCUT2D eigenvalue weighted by Crippen LogP contribution is 2.21. The number of aromatic nitrogens is 1. The number of pyridine rings is 1. The zero-order valence-corrected chi connectivity index (χ0v) is 12.4. The first-order valence-electron chi connectivity index (χ1n) is 6.57. The smallest absolute Gasteiger partial charge is 0.256 e. The van der Waals surface area contributed by atoms with Gasteiger partial charge in [0.2, 0.25) is 0 Å². The molecular formula is C14H20ClN3O. The molecule has 1 aromatic heterocycles. The number of aryl methyl sites for hydroxylation is 1. The van der Waals surface area contributed by atoms with E-state index in [0.717, 1.165) is 31.6 Å². The molecule has 0 radical (unpaired) electrons. The Kier molecular flexibility index (Phi) is 4.42. The summed E-state index contributed by atoms with van der Waals surface area (Å²) in [6.45, 7) is 3.43. The molecule has 1 aliphatic rings. The van der Waals surface area contributed by atoms with Gasteiger partial charge in [0.15, 0.2) is 0 Å². The molecule has 0 unspecified atom stereocenters. The minimum Gasteiger partial charge on any atom is -0.338 e. The average Bonchev–Trinajstić information content (AvgIpc) is 2.38. The molecule has 1 fully saturated rings. The molecule has 4 nitrogen and oxygen atoms in total. The Morgan fingerprint density at radius 1 is 1.42 bits per heavy atom. The van der Waals surface area contributed by atoms with Gasteiger partial charge in [0, 0.05) is 31.0 Å². The van der Waals surface area contributed by atoms with E-state index in [9.17, 15) is 4.79 Å². The van der Waals surface area contributed by atoms with Crippen molar-refractivity contribution in [2.24, 2.45) is 0 Å². The van der Waals surface area contributed by atoms with Gasteiger partial charge in [0.05, 0.1) is 10.6 Å². The predicted octanol–water partition coefficient (Wildman–Crippen LogP) is 2.21. The highest BCUT2D eigenvalue weighted by atomic mass is 35.5. The van der Waals surface area contributed by atoms with E-state index in [4.69, 9.17) is 11.6 Å². The lowest BCUT2D eigenvalue weighted by atomic mass is 10.0. The van der Waals surface area contributed by atoms with Crippen molar-refractivity contribution in [3.05, 3.63) is 28.5 Å². The van der Waals surface area contributed by atoms with Crippen molar-refractivity contribution < 1.29 is 4.79 Å². The van der Waals surface area contributed by atoms with Gasteiger partial charge in [-0.15, -0.1) is 0 Å². The summed E-state index contributed by atoms with van der Waals surface area (Å²) < 4.78 is 0. The molecule has 0 spiro atoms. The lowest BCUT2D eigenvalue weighted by Crippen LogP contribution is -2.44. The van der Waals surface area contributed by atoms with Crippen LogP contribution in [0.5, 0.6) is 0 Å². The fourth-order valence-electron chi connectivity index (χ4n) is 2.44. The highest BCUT2D eigenvalue weighted by Gasteiger charge is 2.25. The third-order valence-corrected chi connectivity index (χ3v) is 4.02. The minimum atomic E-state index is -0.00490. The van der Waals surface area contributed by atoms with Gasteiger partial charge in [-0.05, 0) is 39.9 Å². The number of carbonyl (C=O) groups is 1. The molecule has 1 saturated heterocycles. The number of likely N-dealkylation sites (tertiary alicyclic amines) is 1. The molecule has 2 rings (SSSR count). The van der Waals surface area contributed by atoms with E-state index < -0.39 is 0 Å². The molecule has 0 atom stereocenters. The topological polar surface area (TPSA) is 36.4 Å². The van der Waals surface area contributed by atoms with Crippen LogP contribution in [-0.2, 0) is 0 Å². The first-order valence-corrected chi connectivity index (χ1v) is 6.94. The maximum Gasteiger partial charge on any atom is 0.256 e. The molecule has 5 heteroatoms. The monoisotopic (exact) mass is 281 g/mol. The number of nitrogens with zero attached hydrogens (tertiary/aromatic N) is 3. The Hall–Kier alpha value is -1.13. The third kappa shape index (κ3) is 3.25. The Balaban J connectivity index is 2.05. The Labute approximate surface area is 119 Å². The van der Waals surface area contributed by atoms with Crippen molar-refractivity contribution in [1.82, 2.24) is 14.8 Å². The van der Waals surface area contributed by atoms with E-state index in [0.29, 0.717) is 16.6 Å². The number of piperidine rings is 1. The maximum absolute atomic E-state index is 12.4. The lowest BCUT2D eigenvalue weighted by Gasteiger charge is -2.35. The number of hydrogen-bond donors (Lipinski definition) is 0. The number of carbonyl (C=O) groups excluding carboxylic acids is 1. The van der Waals surface area contributed by atoms with Gasteiger partial charge in [0.1, 0.15) is 0 Å². The van der Waals surface area contributed by atoms with Crippen molar-refractivity contribution in [2.75, 3.05) is 27.2 Å². The minimum absolute atomic E-state index is 0.00490. The normalized spacial score (nSPS) is 17.0. The summed E-state index contributed by atoms with van der Waals surface area (Å²) >= 11 is 6.13. The van der Waals surface area contributed by atoms with Gasteiger partial charge in [-0.25, -0.2) is 0 Å². The summed E-state index contributed by atoms with van der Waals surface area (Å²) in [5, 5.41) is 0.493. The molecular weight excluding hydrogens is 262 g/mol. The first kappa shape index (κ1) is 14.3. The van der Waals surface area contributed by atoms with Crippen molar-refractivity contribution in [2.45, 2.75) is 25.8 Å².